The van der Waals surface area contributed by atoms with Gasteiger partial charge < -0.3 is 20.1 Å². The van der Waals surface area contributed by atoms with Crippen LogP contribution in [0.1, 0.15) is 0 Å². The van der Waals surface area contributed by atoms with Crippen LogP contribution in [0.2, 0.25) is 0 Å². The second kappa shape index (κ2) is 8.41. The Morgan fingerprint density at radius 3 is 2.27 bits per heavy atom. The Hall–Kier alpha value is -2.26. The van der Waals surface area contributed by atoms with Gasteiger partial charge in [0.25, 0.3) is 0 Å². The van der Waals surface area contributed by atoms with E-state index in [2.05, 4.69) is 26.6 Å². The highest BCUT2D eigenvalue weighted by atomic mass is 79.9. The van der Waals surface area contributed by atoms with Crippen LogP contribution in [0, 0.1) is 0 Å². The minimum absolute atomic E-state index is 0.0675. The minimum atomic E-state index is -3.60. The molecule has 0 heterocycles. The van der Waals surface area contributed by atoms with Gasteiger partial charge in [0.2, 0.25) is 5.91 Å². The fraction of sp³-hybridized carbons (Fsp3) is 0.235. The van der Waals surface area contributed by atoms with Crippen LogP contribution >= 0.6 is 15.9 Å². The van der Waals surface area contributed by atoms with Gasteiger partial charge in [0, 0.05) is 16.4 Å². The molecule has 1 amide bonds. The van der Waals surface area contributed by atoms with Crippen LogP contribution in [-0.4, -0.2) is 41.3 Å². The molecular weight excluding hydrogens is 424 g/mol. The SMILES string of the molecule is COc1ccc(NCC(=O)Nc2ccc(Br)cc2)c(OC)c1S(C)(=O)=O. The van der Waals surface area contributed by atoms with Crippen molar-refractivity contribution in [3.8, 4) is 11.5 Å². The van der Waals surface area contributed by atoms with Crippen molar-refractivity contribution in [3.63, 3.8) is 0 Å². The maximum atomic E-state index is 12.1. The lowest BCUT2D eigenvalue weighted by Crippen LogP contribution is -2.22. The number of amides is 1. The zero-order valence-electron chi connectivity index (χ0n) is 14.5. The molecule has 26 heavy (non-hydrogen) atoms. The summed E-state index contributed by atoms with van der Waals surface area (Å²) in [6.45, 7) is -0.0675. The zero-order valence-corrected chi connectivity index (χ0v) is 16.9. The molecular formula is C17H19BrN2O5S. The number of rotatable bonds is 7. The van der Waals surface area contributed by atoms with Crippen LogP contribution in [0.3, 0.4) is 0 Å². The molecule has 0 aliphatic rings. The highest BCUT2D eigenvalue weighted by molar-refractivity contribution is 9.10. The van der Waals surface area contributed by atoms with E-state index < -0.39 is 9.84 Å². The Kier molecular flexibility index (Phi) is 6.49. The Bertz CT molecular complexity index is 898. The van der Waals surface area contributed by atoms with Crippen molar-refractivity contribution in [3.05, 3.63) is 40.9 Å². The highest BCUT2D eigenvalue weighted by Gasteiger charge is 2.23. The van der Waals surface area contributed by atoms with Gasteiger partial charge in [-0.3, -0.25) is 4.79 Å². The monoisotopic (exact) mass is 442 g/mol. The molecule has 0 bridgehead atoms. The number of carbonyl (C=O) groups excluding carboxylic acids is 1. The smallest absolute Gasteiger partial charge is 0.243 e. The second-order valence-electron chi connectivity index (χ2n) is 5.36. The lowest BCUT2D eigenvalue weighted by molar-refractivity contribution is -0.114. The number of methoxy groups -OCH3 is 2. The molecule has 0 unspecified atom stereocenters. The van der Waals surface area contributed by atoms with Crippen molar-refractivity contribution < 1.29 is 22.7 Å². The molecule has 2 aromatic carbocycles. The average molecular weight is 443 g/mol. The van der Waals surface area contributed by atoms with Gasteiger partial charge in [-0.25, -0.2) is 8.42 Å². The van der Waals surface area contributed by atoms with Crippen LogP contribution in [-0.2, 0) is 14.6 Å². The third kappa shape index (κ3) is 4.89. The number of nitrogens with one attached hydrogen (secondary N) is 2. The molecule has 2 rings (SSSR count). The number of ether oxygens (including phenoxy) is 2. The van der Waals surface area contributed by atoms with E-state index in [4.69, 9.17) is 9.47 Å². The van der Waals surface area contributed by atoms with Crippen LogP contribution < -0.4 is 20.1 Å². The summed E-state index contributed by atoms with van der Waals surface area (Å²) in [6, 6.07) is 10.3. The number of halogens is 1. The summed E-state index contributed by atoms with van der Waals surface area (Å²) in [5, 5.41) is 5.63. The summed E-state index contributed by atoms with van der Waals surface area (Å²) >= 11 is 3.33. The first-order valence-electron chi connectivity index (χ1n) is 7.50. The summed E-state index contributed by atoms with van der Waals surface area (Å²) in [5.41, 5.74) is 1.03. The van der Waals surface area contributed by atoms with Crippen molar-refractivity contribution >= 4 is 43.0 Å². The molecule has 0 saturated heterocycles. The van der Waals surface area contributed by atoms with Gasteiger partial charge in [0.1, 0.15) is 5.75 Å². The first-order chi connectivity index (χ1) is 12.3. The van der Waals surface area contributed by atoms with Crippen molar-refractivity contribution in [2.24, 2.45) is 0 Å². The van der Waals surface area contributed by atoms with Gasteiger partial charge in [0.05, 0.1) is 26.5 Å². The van der Waals surface area contributed by atoms with Crippen LogP contribution in [0.4, 0.5) is 11.4 Å². The van der Waals surface area contributed by atoms with Crippen molar-refractivity contribution in [2.45, 2.75) is 4.90 Å². The minimum Gasteiger partial charge on any atom is -0.495 e. The standard InChI is InChI=1S/C17H19BrN2O5S/c1-24-14-9-8-13(16(25-2)17(14)26(3,22)23)19-10-15(21)20-12-6-4-11(18)5-7-12/h4-9,19H,10H2,1-3H3,(H,20,21). The molecule has 9 heteroatoms. The van der Waals surface area contributed by atoms with E-state index in [1.807, 2.05) is 12.1 Å². The maximum Gasteiger partial charge on any atom is 0.243 e. The summed E-state index contributed by atoms with van der Waals surface area (Å²) in [5.74, 6) is -0.0106. The van der Waals surface area contributed by atoms with Crippen molar-refractivity contribution in [2.75, 3.05) is 37.7 Å². The van der Waals surface area contributed by atoms with E-state index in [0.29, 0.717) is 11.4 Å². The predicted octanol–water partition coefficient (Wildman–Crippen LogP) is 2.92. The predicted molar refractivity (Wildman–Crippen MR) is 104 cm³/mol. The molecule has 140 valence electrons. The molecule has 0 aliphatic heterocycles. The summed E-state index contributed by atoms with van der Waals surface area (Å²) in [6.07, 6.45) is 1.07. The highest BCUT2D eigenvalue weighted by Crippen LogP contribution is 2.39. The topological polar surface area (TPSA) is 93.7 Å². The van der Waals surface area contributed by atoms with Gasteiger partial charge in [-0.05, 0) is 36.4 Å². The van der Waals surface area contributed by atoms with Gasteiger partial charge in [-0.1, -0.05) is 15.9 Å². The largest absolute Gasteiger partial charge is 0.495 e. The molecule has 0 aliphatic carbocycles. The Morgan fingerprint density at radius 2 is 1.73 bits per heavy atom. The number of hydrogen-bond donors (Lipinski definition) is 2. The van der Waals surface area contributed by atoms with Gasteiger partial charge in [-0.2, -0.15) is 0 Å². The van der Waals surface area contributed by atoms with Crippen molar-refractivity contribution in [1.29, 1.82) is 0 Å². The van der Waals surface area contributed by atoms with E-state index in [-0.39, 0.29) is 28.8 Å². The molecule has 0 saturated carbocycles. The fourth-order valence-electron chi connectivity index (χ4n) is 2.31. The Labute approximate surface area is 160 Å². The summed E-state index contributed by atoms with van der Waals surface area (Å²) in [7, 11) is -0.862. The fourth-order valence-corrected chi connectivity index (χ4v) is 3.62. The normalized spacial score (nSPS) is 10.9. The molecule has 0 atom stereocenters. The van der Waals surface area contributed by atoms with Crippen molar-refractivity contribution in [1.82, 2.24) is 0 Å². The molecule has 0 aromatic heterocycles. The third-order valence-electron chi connectivity index (χ3n) is 3.44. The lowest BCUT2D eigenvalue weighted by atomic mass is 10.2. The lowest BCUT2D eigenvalue weighted by Gasteiger charge is -2.16. The van der Waals surface area contributed by atoms with E-state index >= 15 is 0 Å². The number of benzene rings is 2. The number of anilines is 2. The summed E-state index contributed by atoms with van der Waals surface area (Å²) < 4.78 is 35.4. The summed E-state index contributed by atoms with van der Waals surface area (Å²) in [4.78, 5) is 12.0. The number of carbonyl (C=O) groups is 1. The van der Waals surface area contributed by atoms with E-state index in [1.54, 1.807) is 18.2 Å². The Morgan fingerprint density at radius 1 is 1.08 bits per heavy atom. The molecule has 0 spiro atoms. The van der Waals surface area contributed by atoms with Crippen LogP contribution in [0.5, 0.6) is 11.5 Å². The first kappa shape index (κ1) is 20.1. The molecule has 7 nitrogen and oxygen atoms in total. The first-order valence-corrected chi connectivity index (χ1v) is 10.2. The van der Waals surface area contributed by atoms with E-state index in [0.717, 1.165) is 10.7 Å². The molecule has 2 N–H and O–H groups in total. The van der Waals surface area contributed by atoms with Crippen LogP contribution in [0.25, 0.3) is 0 Å². The Balaban J connectivity index is 2.19. The number of sulfone groups is 1. The average Bonchev–Trinajstić information content (AvgIpc) is 2.60. The third-order valence-corrected chi connectivity index (χ3v) is 5.10. The molecule has 2 aromatic rings. The van der Waals surface area contributed by atoms with Gasteiger partial charge >= 0.3 is 0 Å². The quantitative estimate of drug-likeness (QED) is 0.684. The second-order valence-corrected chi connectivity index (χ2v) is 8.23. The molecule has 0 fully saturated rings. The van der Waals surface area contributed by atoms with E-state index in [1.165, 1.54) is 20.3 Å². The van der Waals surface area contributed by atoms with Gasteiger partial charge in [-0.15, -0.1) is 0 Å². The molecule has 0 radical (unpaired) electrons. The van der Waals surface area contributed by atoms with Gasteiger partial charge in [0.15, 0.2) is 20.5 Å². The van der Waals surface area contributed by atoms with E-state index in [9.17, 15) is 13.2 Å². The zero-order chi connectivity index (χ0) is 19.3. The number of hydrogen-bond acceptors (Lipinski definition) is 6. The maximum absolute atomic E-state index is 12.1. The van der Waals surface area contributed by atoms with Crippen LogP contribution in [0.15, 0.2) is 45.8 Å².